The quantitative estimate of drug-likeness (QED) is 0.593. The molecule has 1 heterocycles. The van der Waals surface area contributed by atoms with E-state index in [1.807, 2.05) is 5.10 Å². The minimum Gasteiger partial charge on any atom is -0.495 e. The summed E-state index contributed by atoms with van der Waals surface area (Å²) in [7, 11) is -2.99. The maximum absolute atomic E-state index is 13.2. The van der Waals surface area contributed by atoms with Crippen molar-refractivity contribution in [1.82, 2.24) is 15.2 Å². The van der Waals surface area contributed by atoms with Crippen molar-refractivity contribution < 1.29 is 26.3 Å². The number of aromatic nitrogens is 3. The Labute approximate surface area is 156 Å². The Bertz CT molecular complexity index is 1170. The molecule has 148 valence electrons. The number of anilines is 1. The van der Waals surface area contributed by atoms with Crippen LogP contribution >= 0.6 is 0 Å². The Morgan fingerprint density at radius 1 is 1.14 bits per heavy atom. The van der Waals surface area contributed by atoms with Gasteiger partial charge in [0.05, 0.1) is 18.4 Å². The van der Waals surface area contributed by atoms with Gasteiger partial charge in [-0.05, 0) is 30.3 Å². The monoisotopic (exact) mass is 414 g/mol. The van der Waals surface area contributed by atoms with Gasteiger partial charge in [-0.25, -0.2) is 18.3 Å². The van der Waals surface area contributed by atoms with Crippen molar-refractivity contribution in [3.8, 4) is 17.1 Å². The van der Waals surface area contributed by atoms with Crippen LogP contribution < -0.4 is 15.1 Å². The van der Waals surface area contributed by atoms with E-state index in [1.54, 1.807) is 6.07 Å². The van der Waals surface area contributed by atoms with E-state index in [0.29, 0.717) is 6.07 Å². The maximum atomic E-state index is 13.2. The summed E-state index contributed by atoms with van der Waals surface area (Å²) in [6, 6.07) is 8.15. The van der Waals surface area contributed by atoms with Gasteiger partial charge in [-0.15, -0.1) is 0 Å². The number of hydrogen-bond acceptors (Lipinski definition) is 5. The highest BCUT2D eigenvalue weighted by molar-refractivity contribution is 7.92. The van der Waals surface area contributed by atoms with Crippen molar-refractivity contribution in [2.45, 2.75) is 11.1 Å². The van der Waals surface area contributed by atoms with E-state index in [2.05, 4.69) is 14.8 Å². The Hall–Kier alpha value is -3.28. The van der Waals surface area contributed by atoms with Crippen molar-refractivity contribution in [3.05, 3.63) is 58.5 Å². The Balaban J connectivity index is 2.09. The molecule has 0 spiro atoms. The molecule has 0 bridgehead atoms. The molecule has 0 aliphatic rings. The van der Waals surface area contributed by atoms with E-state index >= 15 is 0 Å². The molecule has 8 nitrogen and oxygen atoms in total. The lowest BCUT2D eigenvalue weighted by molar-refractivity contribution is -0.137. The lowest BCUT2D eigenvalue weighted by Crippen LogP contribution is -2.15. The Morgan fingerprint density at radius 2 is 1.86 bits per heavy atom. The number of para-hydroxylation sites is 1. The van der Waals surface area contributed by atoms with Crippen LogP contribution in [0.25, 0.3) is 11.4 Å². The third-order valence-corrected chi connectivity index (χ3v) is 5.07. The molecule has 0 saturated carbocycles. The second-order valence-corrected chi connectivity index (χ2v) is 7.23. The summed E-state index contributed by atoms with van der Waals surface area (Å²) >= 11 is 0. The van der Waals surface area contributed by atoms with Crippen LogP contribution in [0.3, 0.4) is 0 Å². The van der Waals surface area contributed by atoms with E-state index in [0.717, 1.165) is 12.1 Å². The molecule has 0 saturated heterocycles. The van der Waals surface area contributed by atoms with Crippen LogP contribution in [0.1, 0.15) is 5.56 Å². The molecule has 28 heavy (non-hydrogen) atoms. The summed E-state index contributed by atoms with van der Waals surface area (Å²) in [5, 5.41) is 5.61. The molecular weight excluding hydrogens is 401 g/mol. The number of H-pyrrole nitrogens is 2. The zero-order valence-electron chi connectivity index (χ0n) is 14.2. The topological polar surface area (TPSA) is 117 Å². The SMILES string of the molecule is COc1ccccc1S(=O)(=O)Nc1cc(-c2n[nH]c(=O)[nH]2)cc(C(F)(F)F)c1. The first-order valence-corrected chi connectivity index (χ1v) is 9.11. The van der Waals surface area contributed by atoms with Crippen molar-refractivity contribution in [3.63, 3.8) is 0 Å². The normalized spacial score (nSPS) is 12.0. The summed E-state index contributed by atoms with van der Waals surface area (Å²) in [5.74, 6) is -0.146. The van der Waals surface area contributed by atoms with Gasteiger partial charge in [0.25, 0.3) is 10.0 Å². The standard InChI is InChI=1S/C16H13F3N4O4S/c1-27-12-4-2-3-5-13(12)28(25,26)23-11-7-9(14-20-15(24)22-21-14)6-10(8-11)16(17,18)19/h2-8,23H,1H3,(H2,20,21,22,24). The molecule has 3 N–H and O–H groups in total. The Morgan fingerprint density at radius 3 is 2.46 bits per heavy atom. The van der Waals surface area contributed by atoms with E-state index in [1.165, 1.54) is 25.3 Å². The molecule has 12 heteroatoms. The third kappa shape index (κ3) is 4.01. The predicted molar refractivity (Wildman–Crippen MR) is 93.4 cm³/mol. The van der Waals surface area contributed by atoms with Crippen molar-refractivity contribution >= 4 is 15.7 Å². The first kappa shape index (κ1) is 19.5. The van der Waals surface area contributed by atoms with Crippen molar-refractivity contribution in [2.24, 2.45) is 0 Å². The molecule has 0 atom stereocenters. The number of hydrogen-bond donors (Lipinski definition) is 3. The zero-order chi connectivity index (χ0) is 20.5. The van der Waals surface area contributed by atoms with Gasteiger partial charge < -0.3 is 4.74 Å². The van der Waals surface area contributed by atoms with Crippen LogP contribution in [-0.2, 0) is 16.2 Å². The Kier molecular flexibility index (Phi) is 4.89. The van der Waals surface area contributed by atoms with E-state index < -0.39 is 27.5 Å². The summed E-state index contributed by atoms with van der Waals surface area (Å²) in [4.78, 5) is 13.2. The number of benzene rings is 2. The van der Waals surface area contributed by atoms with Gasteiger partial charge in [0.2, 0.25) is 0 Å². The number of ether oxygens (including phenoxy) is 1. The third-order valence-electron chi connectivity index (χ3n) is 3.65. The molecule has 0 aliphatic heterocycles. The fourth-order valence-corrected chi connectivity index (χ4v) is 3.66. The first-order valence-electron chi connectivity index (χ1n) is 7.63. The lowest BCUT2D eigenvalue weighted by Gasteiger charge is -2.14. The minimum absolute atomic E-state index is 0.0267. The molecule has 0 amide bonds. The molecule has 1 aromatic heterocycles. The molecule has 0 radical (unpaired) electrons. The average Bonchev–Trinajstić information content (AvgIpc) is 3.07. The molecule has 3 rings (SSSR count). The zero-order valence-corrected chi connectivity index (χ0v) is 15.0. The number of nitrogens with zero attached hydrogens (tertiary/aromatic N) is 1. The number of nitrogens with one attached hydrogen (secondary N) is 3. The molecule has 3 aromatic rings. The van der Waals surface area contributed by atoms with Gasteiger partial charge in [-0.1, -0.05) is 12.1 Å². The molecule has 2 aromatic carbocycles. The van der Waals surface area contributed by atoms with Crippen LogP contribution in [0.2, 0.25) is 0 Å². The van der Waals surface area contributed by atoms with Crippen LogP contribution in [0.5, 0.6) is 5.75 Å². The van der Waals surface area contributed by atoms with Crippen LogP contribution in [-0.4, -0.2) is 30.7 Å². The second kappa shape index (κ2) is 7.03. The highest BCUT2D eigenvalue weighted by Crippen LogP contribution is 2.35. The first-order chi connectivity index (χ1) is 13.1. The fraction of sp³-hybridized carbons (Fsp3) is 0.125. The highest BCUT2D eigenvalue weighted by atomic mass is 32.2. The smallest absolute Gasteiger partial charge is 0.416 e. The van der Waals surface area contributed by atoms with Crippen LogP contribution in [0.15, 0.2) is 52.2 Å². The van der Waals surface area contributed by atoms with Crippen molar-refractivity contribution in [2.75, 3.05) is 11.8 Å². The van der Waals surface area contributed by atoms with Gasteiger partial charge >= 0.3 is 11.9 Å². The maximum Gasteiger partial charge on any atom is 0.416 e. The van der Waals surface area contributed by atoms with E-state index in [4.69, 9.17) is 4.74 Å². The van der Waals surface area contributed by atoms with Crippen LogP contribution in [0.4, 0.5) is 18.9 Å². The number of rotatable bonds is 5. The largest absolute Gasteiger partial charge is 0.495 e. The van der Waals surface area contributed by atoms with Gasteiger partial charge in [0.1, 0.15) is 10.6 Å². The number of alkyl halides is 3. The number of halogens is 3. The van der Waals surface area contributed by atoms with Crippen molar-refractivity contribution in [1.29, 1.82) is 0 Å². The van der Waals surface area contributed by atoms with Crippen LogP contribution in [0, 0.1) is 0 Å². The van der Waals surface area contributed by atoms with Gasteiger partial charge in [0, 0.05) is 5.56 Å². The molecule has 0 unspecified atom stereocenters. The minimum atomic E-state index is -4.75. The lowest BCUT2D eigenvalue weighted by atomic mass is 10.1. The second-order valence-electron chi connectivity index (χ2n) is 5.58. The molecule has 0 aliphatic carbocycles. The van der Waals surface area contributed by atoms with Gasteiger partial charge in [0.15, 0.2) is 5.82 Å². The van der Waals surface area contributed by atoms with Gasteiger partial charge in [-0.3, -0.25) is 9.71 Å². The summed E-state index contributed by atoms with van der Waals surface area (Å²) in [5.41, 5.74) is -2.33. The molecule has 0 fully saturated rings. The summed E-state index contributed by atoms with van der Waals surface area (Å²) in [6.07, 6.45) is -4.75. The van der Waals surface area contributed by atoms with Gasteiger partial charge in [-0.2, -0.15) is 18.3 Å². The van der Waals surface area contributed by atoms with E-state index in [-0.39, 0.29) is 27.7 Å². The summed E-state index contributed by atoms with van der Waals surface area (Å²) in [6.45, 7) is 0. The number of sulfonamides is 1. The molecular formula is C16H13F3N4O4S. The fourth-order valence-electron chi connectivity index (χ4n) is 2.44. The average molecular weight is 414 g/mol. The number of methoxy groups -OCH3 is 1. The summed E-state index contributed by atoms with van der Waals surface area (Å²) < 4.78 is 72.1. The highest BCUT2D eigenvalue weighted by Gasteiger charge is 2.32. The number of aromatic amines is 2. The predicted octanol–water partition coefficient (Wildman–Crippen LogP) is 2.59. The van der Waals surface area contributed by atoms with E-state index in [9.17, 15) is 26.4 Å².